The fourth-order valence-electron chi connectivity index (χ4n) is 6.09. The van der Waals surface area contributed by atoms with Crippen LogP contribution in [0, 0.1) is 11.8 Å². The minimum atomic E-state index is -0.734. The zero-order valence-corrected chi connectivity index (χ0v) is 24.0. The lowest BCUT2D eigenvalue weighted by Gasteiger charge is -2.39. The summed E-state index contributed by atoms with van der Waals surface area (Å²) in [5, 5.41) is 10.1. The number of ether oxygens (including phenoxy) is 1. The average Bonchev–Trinajstić information content (AvgIpc) is 3.45. The van der Waals surface area contributed by atoms with Crippen molar-refractivity contribution in [3.63, 3.8) is 0 Å². The van der Waals surface area contributed by atoms with Gasteiger partial charge in [-0.05, 0) is 32.1 Å². The number of carbonyl (C=O) groups is 3. The Labute approximate surface area is 228 Å². The van der Waals surface area contributed by atoms with E-state index < -0.39 is 28.7 Å². The third-order valence-corrected chi connectivity index (χ3v) is 11.0. The Morgan fingerprint density at radius 2 is 2.06 bits per heavy atom. The maximum Gasteiger partial charge on any atom is 0.310 e. The number of esters is 1. The van der Waals surface area contributed by atoms with Gasteiger partial charge in [0.25, 0.3) is 0 Å². The molecule has 0 radical (unpaired) electrons. The molecule has 0 saturated carbocycles. The van der Waals surface area contributed by atoms with Gasteiger partial charge >= 0.3 is 5.97 Å². The Morgan fingerprint density at radius 1 is 1.31 bits per heavy atom. The zero-order valence-electron chi connectivity index (χ0n) is 21.6. The molecule has 0 aliphatic carbocycles. The summed E-state index contributed by atoms with van der Waals surface area (Å²) in [5.74, 6) is -1.93. The molecule has 3 aliphatic rings. The molecule has 7 nitrogen and oxygen atoms in total. The van der Waals surface area contributed by atoms with Gasteiger partial charge in [-0.25, -0.2) is 0 Å². The van der Waals surface area contributed by atoms with Crippen LogP contribution in [0.15, 0.2) is 25.3 Å². The lowest BCUT2D eigenvalue weighted by molar-refractivity contribution is -0.154. The molecule has 0 aromatic carbocycles. The maximum atomic E-state index is 14.2. The highest BCUT2D eigenvalue weighted by Gasteiger charge is 2.76. The standard InChI is InChI=1S/C27H41BrN2O5S/c1-5-9-11-14-29(13-7-3)25(33)23-27-16-19(28)22(36-27)20(26(34)35-15-12-10-6-2)21(27)24(32)30(23)18(8-4)17-31/h6-7,18-23,31H,2-3,5,8-17H2,1,4H3/t18-,19?,20-,21-,22-,23?,27?/m0/s1. The normalized spacial score (nSPS) is 31.3. The number of halogens is 1. The molecular weight excluding hydrogens is 544 g/mol. The number of nitrogens with zero attached hydrogens (tertiary/aromatic N) is 2. The maximum absolute atomic E-state index is 14.2. The summed E-state index contributed by atoms with van der Waals surface area (Å²) >= 11 is 5.38. The number of aliphatic hydroxyl groups excluding tert-OH is 1. The van der Waals surface area contributed by atoms with Crippen molar-refractivity contribution in [2.45, 2.75) is 85.7 Å². The molecule has 202 valence electrons. The van der Waals surface area contributed by atoms with Gasteiger partial charge in [-0.2, -0.15) is 0 Å². The third kappa shape index (κ3) is 5.30. The second kappa shape index (κ2) is 13.0. The number of alkyl halides is 1. The number of carbonyl (C=O) groups excluding carboxylic acids is 3. The predicted molar refractivity (Wildman–Crippen MR) is 147 cm³/mol. The van der Waals surface area contributed by atoms with Crippen LogP contribution in [0.5, 0.6) is 0 Å². The molecule has 3 rings (SSSR count). The van der Waals surface area contributed by atoms with Crippen LogP contribution >= 0.6 is 27.7 Å². The van der Waals surface area contributed by atoms with E-state index in [2.05, 4.69) is 36.0 Å². The van der Waals surface area contributed by atoms with E-state index in [-0.39, 0.29) is 41.1 Å². The number of aliphatic hydroxyl groups is 1. The van der Waals surface area contributed by atoms with Crippen molar-refractivity contribution in [1.29, 1.82) is 0 Å². The van der Waals surface area contributed by atoms with Gasteiger partial charge < -0.3 is 19.6 Å². The molecule has 0 aromatic heterocycles. The Bertz CT molecular complexity index is 837. The first-order valence-electron chi connectivity index (χ1n) is 13.2. The first kappa shape index (κ1) is 29.2. The van der Waals surface area contributed by atoms with Crippen molar-refractivity contribution in [2.24, 2.45) is 11.8 Å². The van der Waals surface area contributed by atoms with Crippen molar-refractivity contribution in [3.8, 4) is 0 Å². The fourth-order valence-corrected chi connectivity index (χ4v) is 9.67. The number of fused-ring (bicyclic) bond motifs is 1. The van der Waals surface area contributed by atoms with E-state index in [0.29, 0.717) is 32.4 Å². The first-order chi connectivity index (χ1) is 17.3. The second-order valence-electron chi connectivity index (χ2n) is 10.0. The van der Waals surface area contributed by atoms with Gasteiger partial charge in [0.05, 0.1) is 35.8 Å². The molecule has 7 atom stereocenters. The summed E-state index contributed by atoms with van der Waals surface area (Å²) in [4.78, 5) is 45.0. The number of amides is 2. The predicted octanol–water partition coefficient (Wildman–Crippen LogP) is 3.94. The van der Waals surface area contributed by atoms with Gasteiger partial charge in [-0.15, -0.1) is 24.9 Å². The minimum absolute atomic E-state index is 0.00493. The van der Waals surface area contributed by atoms with E-state index >= 15 is 0 Å². The van der Waals surface area contributed by atoms with Gasteiger partial charge in [0.2, 0.25) is 11.8 Å². The van der Waals surface area contributed by atoms with E-state index in [1.807, 2.05) is 6.92 Å². The van der Waals surface area contributed by atoms with Crippen LogP contribution in [0.25, 0.3) is 0 Å². The molecule has 3 saturated heterocycles. The quantitative estimate of drug-likeness (QED) is 0.136. The summed E-state index contributed by atoms with van der Waals surface area (Å²) in [7, 11) is 0. The summed E-state index contributed by atoms with van der Waals surface area (Å²) in [6, 6.07) is -1.22. The van der Waals surface area contributed by atoms with Crippen LogP contribution in [0.1, 0.15) is 58.8 Å². The molecule has 9 heteroatoms. The fraction of sp³-hybridized carbons (Fsp3) is 0.741. The molecule has 3 aliphatic heterocycles. The highest BCUT2D eigenvalue weighted by Crippen LogP contribution is 2.68. The van der Waals surface area contributed by atoms with Gasteiger partial charge in [-0.1, -0.05) is 54.8 Å². The molecule has 3 heterocycles. The van der Waals surface area contributed by atoms with E-state index in [9.17, 15) is 19.5 Å². The molecule has 2 amide bonds. The summed E-state index contributed by atoms with van der Waals surface area (Å²) < 4.78 is 4.90. The number of hydrogen-bond donors (Lipinski definition) is 1. The smallest absolute Gasteiger partial charge is 0.310 e. The Balaban J connectivity index is 1.99. The van der Waals surface area contributed by atoms with Crippen LogP contribution in [0.2, 0.25) is 0 Å². The number of hydrogen-bond acceptors (Lipinski definition) is 6. The van der Waals surface area contributed by atoms with Gasteiger partial charge in [0.1, 0.15) is 6.04 Å². The summed E-state index contributed by atoms with van der Waals surface area (Å²) in [5.41, 5.74) is 0. The Kier molecular flexibility index (Phi) is 10.5. The monoisotopic (exact) mass is 584 g/mol. The molecule has 1 spiro atoms. The third-order valence-electron chi connectivity index (χ3n) is 7.80. The number of allylic oxidation sites excluding steroid dienone is 1. The molecule has 0 aromatic rings. The van der Waals surface area contributed by atoms with Gasteiger partial charge in [-0.3, -0.25) is 14.4 Å². The van der Waals surface area contributed by atoms with Gasteiger partial charge in [0, 0.05) is 23.2 Å². The average molecular weight is 586 g/mol. The number of unbranched alkanes of at least 4 members (excludes halogenated alkanes) is 3. The first-order valence-corrected chi connectivity index (χ1v) is 15.0. The summed E-state index contributed by atoms with van der Waals surface area (Å²) in [6.07, 6.45) is 9.01. The van der Waals surface area contributed by atoms with E-state index in [1.165, 1.54) is 0 Å². The molecule has 3 unspecified atom stereocenters. The zero-order chi connectivity index (χ0) is 26.5. The SMILES string of the molecule is C=CCCCOC(=O)[C@H]1[C@H]2C(=O)N([C@@H](CC)CO)C(C(=O)N(CC=C)CCCCC)C23CC(Br)[C@@H]1S3. The van der Waals surface area contributed by atoms with Crippen LogP contribution in [0.4, 0.5) is 0 Å². The summed E-state index contributed by atoms with van der Waals surface area (Å²) in [6.45, 7) is 12.6. The van der Waals surface area contributed by atoms with Crippen LogP contribution in [-0.4, -0.2) is 85.9 Å². The topological polar surface area (TPSA) is 87.1 Å². The molecule has 3 fully saturated rings. The number of likely N-dealkylation sites (tertiary alicyclic amines) is 1. The lowest BCUT2D eigenvalue weighted by Crippen LogP contribution is -2.57. The van der Waals surface area contributed by atoms with E-state index in [0.717, 1.165) is 25.7 Å². The van der Waals surface area contributed by atoms with Crippen LogP contribution in [-0.2, 0) is 19.1 Å². The Morgan fingerprint density at radius 3 is 2.67 bits per heavy atom. The van der Waals surface area contributed by atoms with Crippen LogP contribution < -0.4 is 0 Å². The van der Waals surface area contributed by atoms with Gasteiger partial charge in [0.15, 0.2) is 0 Å². The molecule has 2 bridgehead atoms. The lowest BCUT2D eigenvalue weighted by atomic mass is 9.71. The van der Waals surface area contributed by atoms with Crippen LogP contribution in [0.3, 0.4) is 0 Å². The van der Waals surface area contributed by atoms with E-state index in [1.54, 1.807) is 33.7 Å². The number of thioether (sulfide) groups is 1. The molecule has 36 heavy (non-hydrogen) atoms. The van der Waals surface area contributed by atoms with Crippen molar-refractivity contribution in [1.82, 2.24) is 9.80 Å². The molecular formula is C27H41BrN2O5S. The Hall–Kier alpha value is -1.32. The van der Waals surface area contributed by atoms with E-state index in [4.69, 9.17) is 4.74 Å². The number of rotatable bonds is 15. The van der Waals surface area contributed by atoms with Crippen molar-refractivity contribution in [3.05, 3.63) is 25.3 Å². The van der Waals surface area contributed by atoms with Crippen molar-refractivity contribution in [2.75, 3.05) is 26.3 Å². The minimum Gasteiger partial charge on any atom is -0.465 e. The molecule has 1 N–H and O–H groups in total. The second-order valence-corrected chi connectivity index (χ2v) is 12.7. The van der Waals surface area contributed by atoms with Crippen molar-refractivity contribution >= 4 is 45.5 Å². The van der Waals surface area contributed by atoms with Crippen molar-refractivity contribution < 1.29 is 24.2 Å². The highest BCUT2D eigenvalue weighted by molar-refractivity contribution is 9.09. The highest BCUT2D eigenvalue weighted by atomic mass is 79.9. The largest absolute Gasteiger partial charge is 0.465 e.